The Hall–Kier alpha value is -2.94. The first kappa shape index (κ1) is 21.3. The Morgan fingerprint density at radius 1 is 1.00 bits per heavy atom. The van der Waals surface area contributed by atoms with Crippen LogP contribution < -0.4 is 4.74 Å². The third-order valence-corrected chi connectivity index (χ3v) is 6.92. The maximum absolute atomic E-state index is 12.7. The Morgan fingerprint density at radius 3 is 2.35 bits per heavy atom. The number of hydrogen-bond acceptors (Lipinski definition) is 6. The van der Waals surface area contributed by atoms with E-state index in [4.69, 9.17) is 20.5 Å². The van der Waals surface area contributed by atoms with Crippen molar-refractivity contribution in [2.45, 2.75) is 16.7 Å². The van der Waals surface area contributed by atoms with Crippen LogP contribution in [0.5, 0.6) is 11.5 Å². The van der Waals surface area contributed by atoms with E-state index in [-0.39, 0.29) is 4.90 Å². The summed E-state index contributed by atoms with van der Waals surface area (Å²) in [7, 11) is -3.00. The van der Waals surface area contributed by atoms with Gasteiger partial charge in [-0.05, 0) is 35.9 Å². The minimum atomic E-state index is -4.08. The van der Waals surface area contributed by atoms with Crippen molar-refractivity contribution in [2.24, 2.45) is 0 Å². The summed E-state index contributed by atoms with van der Waals surface area (Å²) in [4.78, 5) is 11.2. The van der Waals surface area contributed by atoms with Crippen LogP contribution in [0, 0.1) is 10.1 Å². The third kappa shape index (κ3) is 4.01. The zero-order valence-electron chi connectivity index (χ0n) is 16.4. The molecule has 0 bridgehead atoms. The van der Waals surface area contributed by atoms with Gasteiger partial charge in [-0.1, -0.05) is 48.0 Å². The molecular weight excluding hydrogens is 442 g/mol. The van der Waals surface area contributed by atoms with Crippen LogP contribution in [0.2, 0.25) is 5.02 Å². The molecule has 3 aromatic carbocycles. The summed E-state index contributed by atoms with van der Waals surface area (Å²) in [5.41, 5.74) is 1.55. The van der Waals surface area contributed by atoms with Gasteiger partial charge in [0.2, 0.25) is 6.54 Å². The number of nitrogens with zero attached hydrogens (tertiary/aromatic N) is 1. The minimum absolute atomic E-state index is 0.0545. The Balaban J connectivity index is 2.07. The smallest absolute Gasteiger partial charge is 0.297 e. The molecule has 160 valence electrons. The average Bonchev–Trinajstić information content (AvgIpc) is 2.87. The van der Waals surface area contributed by atoms with Gasteiger partial charge in [0.15, 0.2) is 0 Å². The summed E-state index contributed by atoms with van der Waals surface area (Å²) in [6.07, 6.45) is 0. The highest BCUT2D eigenvalue weighted by molar-refractivity contribution is 7.86. The highest BCUT2D eigenvalue weighted by Crippen LogP contribution is 2.50. The van der Waals surface area contributed by atoms with E-state index in [1.807, 2.05) is 0 Å². The lowest BCUT2D eigenvalue weighted by Crippen LogP contribution is -2.22. The van der Waals surface area contributed by atoms with Gasteiger partial charge in [0.05, 0.1) is 17.9 Å². The van der Waals surface area contributed by atoms with E-state index in [2.05, 4.69) is 0 Å². The number of benzene rings is 3. The molecule has 3 aromatic rings. The van der Waals surface area contributed by atoms with Crippen molar-refractivity contribution in [3.63, 3.8) is 0 Å². The van der Waals surface area contributed by atoms with E-state index in [9.17, 15) is 18.5 Å². The largest absolute Gasteiger partial charge is 0.457 e. The SMILES string of the molecule is COS(=O)(=O)c1ccccc1[C@H]1c2cc(Cl)ccc2Oc2ccccc2[C@@H]1C[N+](=O)[O-]. The number of para-hydroxylation sites is 1. The lowest BCUT2D eigenvalue weighted by Gasteiger charge is -2.26. The maximum Gasteiger partial charge on any atom is 0.297 e. The lowest BCUT2D eigenvalue weighted by atomic mass is 9.77. The summed E-state index contributed by atoms with van der Waals surface area (Å²) in [5.74, 6) is -0.493. The lowest BCUT2D eigenvalue weighted by molar-refractivity contribution is -0.483. The van der Waals surface area contributed by atoms with Crippen molar-refractivity contribution >= 4 is 21.7 Å². The fourth-order valence-corrected chi connectivity index (χ4v) is 5.14. The second-order valence-corrected chi connectivity index (χ2v) is 9.20. The molecular formula is C22H18ClNO6S. The van der Waals surface area contributed by atoms with E-state index < -0.39 is 33.4 Å². The summed E-state index contributed by atoms with van der Waals surface area (Å²) >= 11 is 6.27. The standard InChI is InChI=1S/C22H18ClNO6S/c1-29-31(27,28)21-9-5-3-7-16(21)22-17-12-14(23)10-11-20(17)30-19-8-4-2-6-15(19)18(22)13-24(25)26/h2-12,18,22H,13H2,1H3/t18-,22-/m0/s1. The molecule has 0 saturated heterocycles. The van der Waals surface area contributed by atoms with Crippen molar-refractivity contribution in [2.75, 3.05) is 13.7 Å². The van der Waals surface area contributed by atoms with Crippen LogP contribution in [0.3, 0.4) is 0 Å². The zero-order chi connectivity index (χ0) is 22.2. The first-order chi connectivity index (χ1) is 14.8. The predicted octanol–water partition coefficient (Wildman–Crippen LogP) is 4.97. The third-order valence-electron chi connectivity index (χ3n) is 5.34. The van der Waals surface area contributed by atoms with Gasteiger partial charge in [0, 0.05) is 27.0 Å². The van der Waals surface area contributed by atoms with Gasteiger partial charge in [0.1, 0.15) is 11.5 Å². The number of ether oxygens (including phenoxy) is 1. The van der Waals surface area contributed by atoms with E-state index >= 15 is 0 Å². The molecule has 0 unspecified atom stereocenters. The Bertz CT molecular complexity index is 1260. The highest BCUT2D eigenvalue weighted by Gasteiger charge is 2.39. The molecule has 31 heavy (non-hydrogen) atoms. The van der Waals surface area contributed by atoms with Crippen molar-refractivity contribution in [1.82, 2.24) is 0 Å². The molecule has 0 saturated carbocycles. The van der Waals surface area contributed by atoms with Crippen LogP contribution in [0.1, 0.15) is 28.5 Å². The minimum Gasteiger partial charge on any atom is -0.457 e. The number of fused-ring (bicyclic) bond motifs is 2. The zero-order valence-corrected chi connectivity index (χ0v) is 18.0. The van der Waals surface area contributed by atoms with Crippen LogP contribution in [-0.4, -0.2) is 27.0 Å². The molecule has 0 radical (unpaired) electrons. The molecule has 0 amide bonds. The summed E-state index contributed by atoms with van der Waals surface area (Å²) in [6, 6.07) is 18.4. The fraction of sp³-hybridized carbons (Fsp3) is 0.182. The molecule has 0 fully saturated rings. The van der Waals surface area contributed by atoms with Crippen molar-refractivity contribution < 1.29 is 22.3 Å². The quantitative estimate of drug-likeness (QED) is 0.303. The van der Waals surface area contributed by atoms with Crippen LogP contribution in [-0.2, 0) is 14.3 Å². The summed E-state index contributed by atoms with van der Waals surface area (Å²) in [6.45, 7) is -0.432. The molecule has 0 spiro atoms. The molecule has 0 aromatic heterocycles. The second kappa shape index (κ2) is 8.30. The normalized spacial score (nSPS) is 17.7. The van der Waals surface area contributed by atoms with Crippen LogP contribution in [0.15, 0.2) is 71.6 Å². The number of nitro groups is 1. The average molecular weight is 460 g/mol. The topological polar surface area (TPSA) is 95.7 Å². The monoisotopic (exact) mass is 459 g/mol. The van der Waals surface area contributed by atoms with Gasteiger partial charge >= 0.3 is 0 Å². The van der Waals surface area contributed by atoms with E-state index in [1.54, 1.807) is 60.7 Å². The highest BCUT2D eigenvalue weighted by atomic mass is 35.5. The van der Waals surface area contributed by atoms with E-state index in [1.165, 1.54) is 6.07 Å². The Morgan fingerprint density at radius 2 is 1.65 bits per heavy atom. The molecule has 1 heterocycles. The van der Waals surface area contributed by atoms with Crippen LogP contribution in [0.4, 0.5) is 0 Å². The Labute approximate surface area is 184 Å². The number of rotatable bonds is 5. The molecule has 2 atom stereocenters. The van der Waals surface area contributed by atoms with Crippen LogP contribution in [0.25, 0.3) is 0 Å². The Kier molecular flexibility index (Phi) is 5.70. The predicted molar refractivity (Wildman–Crippen MR) is 115 cm³/mol. The van der Waals surface area contributed by atoms with Gasteiger partial charge in [-0.15, -0.1) is 0 Å². The first-order valence-corrected chi connectivity index (χ1v) is 11.2. The van der Waals surface area contributed by atoms with E-state index in [0.29, 0.717) is 33.2 Å². The molecule has 0 N–H and O–H groups in total. The molecule has 0 aliphatic carbocycles. The molecule has 9 heteroatoms. The second-order valence-electron chi connectivity index (χ2n) is 7.08. The molecule has 1 aliphatic heterocycles. The maximum atomic E-state index is 12.7. The van der Waals surface area contributed by atoms with Gasteiger partial charge in [-0.3, -0.25) is 14.3 Å². The van der Waals surface area contributed by atoms with Gasteiger partial charge in [0.25, 0.3) is 10.1 Å². The molecule has 4 rings (SSSR count). The summed E-state index contributed by atoms with van der Waals surface area (Å²) < 4.78 is 36.3. The van der Waals surface area contributed by atoms with Crippen LogP contribution >= 0.6 is 11.6 Å². The first-order valence-electron chi connectivity index (χ1n) is 9.39. The van der Waals surface area contributed by atoms with E-state index in [0.717, 1.165) is 7.11 Å². The van der Waals surface area contributed by atoms with Gasteiger partial charge < -0.3 is 4.74 Å². The van der Waals surface area contributed by atoms with Crippen molar-refractivity contribution in [3.05, 3.63) is 98.6 Å². The van der Waals surface area contributed by atoms with Crippen molar-refractivity contribution in [1.29, 1.82) is 0 Å². The van der Waals surface area contributed by atoms with Crippen molar-refractivity contribution in [3.8, 4) is 11.5 Å². The number of halogens is 1. The van der Waals surface area contributed by atoms with Gasteiger partial charge in [-0.25, -0.2) is 0 Å². The molecule has 7 nitrogen and oxygen atoms in total. The molecule has 1 aliphatic rings. The fourth-order valence-electron chi connectivity index (χ4n) is 4.05. The number of hydrogen-bond donors (Lipinski definition) is 0. The van der Waals surface area contributed by atoms with Gasteiger partial charge in [-0.2, -0.15) is 8.42 Å². The summed E-state index contributed by atoms with van der Waals surface area (Å²) in [5, 5.41) is 12.1.